The second kappa shape index (κ2) is 18.0. The van der Waals surface area contributed by atoms with E-state index in [9.17, 15) is 0 Å². The monoisotopic (exact) mass is 103 g/mol. The Morgan fingerprint density at radius 1 is 1.86 bits per heavy atom. The van der Waals surface area contributed by atoms with Crippen LogP contribution in [0.2, 0.25) is 0 Å². The van der Waals surface area contributed by atoms with E-state index in [1.807, 2.05) is 7.05 Å². The highest BCUT2D eigenvalue weighted by molar-refractivity contribution is 5.46. The molecule has 0 saturated carbocycles. The zero-order chi connectivity index (χ0) is 6.12. The first kappa shape index (κ1) is 9.66. The van der Waals surface area contributed by atoms with Crippen LogP contribution in [0.5, 0.6) is 0 Å². The van der Waals surface area contributed by atoms with Crippen molar-refractivity contribution in [1.82, 2.24) is 5.32 Å². The maximum atomic E-state index is 5.86. The normalized spacial score (nSPS) is 6.00. The smallest absolute Gasteiger partial charge is 0.0765 e. The fraction of sp³-hybridized carbons (Fsp3) is 0.750. The van der Waals surface area contributed by atoms with Crippen molar-refractivity contribution in [3.8, 4) is 0 Å². The van der Waals surface area contributed by atoms with Gasteiger partial charge in [0.05, 0.1) is 6.34 Å². The van der Waals surface area contributed by atoms with Gasteiger partial charge in [-0.3, -0.25) is 5.41 Å². The molecule has 0 atom stereocenters. The van der Waals surface area contributed by atoms with Crippen LogP contribution in [0.25, 0.3) is 0 Å². The van der Waals surface area contributed by atoms with E-state index < -0.39 is 0 Å². The predicted octanol–water partition coefficient (Wildman–Crippen LogP) is -0.222. The lowest BCUT2D eigenvalue weighted by Gasteiger charge is -1.76. The Labute approximate surface area is 44.4 Å². The van der Waals surface area contributed by atoms with E-state index in [1.165, 1.54) is 0 Å². The van der Waals surface area contributed by atoms with Crippen molar-refractivity contribution in [2.24, 2.45) is 5.73 Å². The van der Waals surface area contributed by atoms with E-state index in [2.05, 4.69) is 18.0 Å². The van der Waals surface area contributed by atoms with Gasteiger partial charge in [0.15, 0.2) is 0 Å². The summed E-state index contributed by atoms with van der Waals surface area (Å²) >= 11 is 0. The summed E-state index contributed by atoms with van der Waals surface area (Å²) in [6.07, 6.45) is 0.750. The van der Waals surface area contributed by atoms with Gasteiger partial charge in [0, 0.05) is 0 Å². The van der Waals surface area contributed by atoms with Crippen molar-refractivity contribution in [3.05, 3.63) is 0 Å². The molecule has 0 aliphatic carbocycles. The van der Waals surface area contributed by atoms with Crippen LogP contribution in [-0.4, -0.2) is 19.9 Å². The highest BCUT2D eigenvalue weighted by atomic mass is 14.8. The molecule has 0 amide bonds. The third-order valence-corrected chi connectivity index (χ3v) is 0.354. The molecule has 0 aromatic carbocycles. The van der Waals surface area contributed by atoms with Crippen molar-refractivity contribution < 1.29 is 0 Å². The number of hydrogen-bond donors (Lipinski definition) is 3. The molecule has 0 bridgehead atoms. The van der Waals surface area contributed by atoms with Crippen LogP contribution < -0.4 is 11.1 Å². The van der Waals surface area contributed by atoms with Crippen molar-refractivity contribution in [2.45, 2.75) is 6.92 Å². The van der Waals surface area contributed by atoms with Crippen LogP contribution in [0.15, 0.2) is 0 Å². The van der Waals surface area contributed by atoms with E-state index >= 15 is 0 Å². The molecule has 0 unspecified atom stereocenters. The molecule has 0 aliphatic rings. The molecule has 3 nitrogen and oxygen atoms in total. The Morgan fingerprint density at radius 3 is 2.00 bits per heavy atom. The van der Waals surface area contributed by atoms with Gasteiger partial charge in [-0.2, -0.15) is 0 Å². The fourth-order valence-electron chi connectivity index (χ4n) is 0. The minimum Gasteiger partial charge on any atom is -0.390 e. The SMILES string of the molecule is CCNC.N=CN. The Bertz CT molecular complexity index is 26.1. The first-order valence-corrected chi connectivity index (χ1v) is 2.18. The minimum absolute atomic E-state index is 0.750. The molecular weight excluding hydrogens is 90.1 g/mol. The van der Waals surface area contributed by atoms with Gasteiger partial charge in [-0.15, -0.1) is 0 Å². The maximum absolute atomic E-state index is 5.86. The summed E-state index contributed by atoms with van der Waals surface area (Å²) in [5.74, 6) is 0. The summed E-state index contributed by atoms with van der Waals surface area (Å²) in [6, 6.07) is 0. The standard InChI is InChI=1S/C3H9N.CH4N2/c1-3-4-2;2-1-3/h4H,3H2,1-2H3;1H,(H3,2,3). The predicted molar refractivity (Wildman–Crippen MR) is 32.6 cm³/mol. The Kier molecular flexibility index (Phi) is 24.9. The average molecular weight is 103 g/mol. The molecule has 3 heteroatoms. The molecule has 0 aromatic heterocycles. The summed E-state index contributed by atoms with van der Waals surface area (Å²) < 4.78 is 0. The van der Waals surface area contributed by atoms with E-state index in [-0.39, 0.29) is 0 Å². The lowest BCUT2D eigenvalue weighted by atomic mass is 10.8. The Balaban J connectivity index is 0. The van der Waals surface area contributed by atoms with Crippen molar-refractivity contribution >= 4 is 6.34 Å². The van der Waals surface area contributed by atoms with Gasteiger partial charge in [-0.1, -0.05) is 6.92 Å². The maximum Gasteiger partial charge on any atom is 0.0765 e. The summed E-state index contributed by atoms with van der Waals surface area (Å²) in [5.41, 5.74) is 4.39. The zero-order valence-corrected chi connectivity index (χ0v) is 4.86. The summed E-state index contributed by atoms with van der Waals surface area (Å²) in [4.78, 5) is 0. The third-order valence-electron chi connectivity index (χ3n) is 0.354. The summed E-state index contributed by atoms with van der Waals surface area (Å²) in [6.45, 7) is 3.14. The molecular formula is C4H13N3. The topological polar surface area (TPSA) is 61.9 Å². The quantitative estimate of drug-likeness (QED) is 0.317. The zero-order valence-electron chi connectivity index (χ0n) is 4.86. The summed E-state index contributed by atoms with van der Waals surface area (Å²) in [5, 5.41) is 8.79. The van der Waals surface area contributed by atoms with E-state index in [0.717, 1.165) is 12.9 Å². The number of rotatable bonds is 1. The highest BCUT2D eigenvalue weighted by Gasteiger charge is 1.50. The van der Waals surface area contributed by atoms with Crippen LogP contribution in [-0.2, 0) is 0 Å². The van der Waals surface area contributed by atoms with Gasteiger partial charge in [0.2, 0.25) is 0 Å². The highest BCUT2D eigenvalue weighted by Crippen LogP contribution is 1.34. The van der Waals surface area contributed by atoms with Crippen molar-refractivity contribution in [1.29, 1.82) is 5.41 Å². The first-order chi connectivity index (χ1) is 3.33. The molecule has 0 fully saturated rings. The van der Waals surface area contributed by atoms with E-state index in [4.69, 9.17) is 5.41 Å². The fourth-order valence-corrected chi connectivity index (χ4v) is 0. The van der Waals surface area contributed by atoms with Crippen LogP contribution in [0.1, 0.15) is 6.92 Å². The van der Waals surface area contributed by atoms with Crippen molar-refractivity contribution in [3.63, 3.8) is 0 Å². The molecule has 7 heavy (non-hydrogen) atoms. The van der Waals surface area contributed by atoms with E-state index in [0.29, 0.717) is 0 Å². The van der Waals surface area contributed by atoms with Gasteiger partial charge in [-0.05, 0) is 13.6 Å². The third kappa shape index (κ3) is 346. The number of nitrogens with two attached hydrogens (primary N) is 1. The molecule has 0 rings (SSSR count). The van der Waals surface area contributed by atoms with Crippen molar-refractivity contribution in [2.75, 3.05) is 13.6 Å². The lowest BCUT2D eigenvalue weighted by Crippen LogP contribution is -2.01. The number of hydrogen-bond acceptors (Lipinski definition) is 2. The molecule has 0 heterocycles. The summed E-state index contributed by atoms with van der Waals surface area (Å²) in [7, 11) is 1.93. The second-order valence-electron chi connectivity index (χ2n) is 0.874. The Morgan fingerprint density at radius 2 is 2.00 bits per heavy atom. The Hall–Kier alpha value is -0.570. The van der Waals surface area contributed by atoms with Crippen LogP contribution in [0, 0.1) is 5.41 Å². The van der Waals surface area contributed by atoms with Crippen LogP contribution in [0.4, 0.5) is 0 Å². The number of nitrogens with one attached hydrogen (secondary N) is 2. The molecule has 4 N–H and O–H groups in total. The minimum atomic E-state index is 0.750. The van der Waals surface area contributed by atoms with Crippen LogP contribution in [0.3, 0.4) is 0 Å². The van der Waals surface area contributed by atoms with Crippen LogP contribution >= 0.6 is 0 Å². The second-order valence-corrected chi connectivity index (χ2v) is 0.874. The molecule has 44 valence electrons. The van der Waals surface area contributed by atoms with Gasteiger partial charge in [0.25, 0.3) is 0 Å². The van der Waals surface area contributed by atoms with E-state index in [1.54, 1.807) is 0 Å². The molecule has 0 radical (unpaired) electrons. The largest absolute Gasteiger partial charge is 0.390 e. The van der Waals surface area contributed by atoms with Gasteiger partial charge >= 0.3 is 0 Å². The molecule has 0 spiro atoms. The van der Waals surface area contributed by atoms with Gasteiger partial charge in [0.1, 0.15) is 0 Å². The molecule has 0 aromatic rings. The lowest BCUT2D eigenvalue weighted by molar-refractivity contribution is 0.864. The molecule has 0 aliphatic heterocycles. The average Bonchev–Trinajstić information content (AvgIpc) is 1.69. The molecule has 0 saturated heterocycles. The van der Waals surface area contributed by atoms with Gasteiger partial charge < -0.3 is 11.1 Å². The first-order valence-electron chi connectivity index (χ1n) is 2.18. The van der Waals surface area contributed by atoms with Gasteiger partial charge in [-0.25, -0.2) is 0 Å².